The number of ether oxygens (including phenoxy) is 2. The Hall–Kier alpha value is -2.10. The van der Waals surface area contributed by atoms with Crippen molar-refractivity contribution < 1.29 is 39.5 Å². The first kappa shape index (κ1) is 34.1. The van der Waals surface area contributed by atoms with Crippen molar-refractivity contribution in [2.24, 2.45) is 17.8 Å². The van der Waals surface area contributed by atoms with Gasteiger partial charge in [0.2, 0.25) is 0 Å². The average Bonchev–Trinajstić information content (AvgIpc) is 3.62. The summed E-state index contributed by atoms with van der Waals surface area (Å²) in [5, 5.41) is 41.3. The van der Waals surface area contributed by atoms with Gasteiger partial charge in [0.25, 0.3) is 0 Å². The molecule has 2 heterocycles. The maximum atomic E-state index is 12.6. The van der Waals surface area contributed by atoms with E-state index in [0.717, 1.165) is 30.4 Å². The van der Waals surface area contributed by atoms with E-state index in [9.17, 15) is 30.0 Å². The van der Waals surface area contributed by atoms with Gasteiger partial charge < -0.3 is 29.9 Å². The standard InChI is InChI=1S/C32H50O8/c1-19-12-20(2)14-29-28(40-29)11-9-7-8-10-21(3)32(38)39-26(18-33)16-24(6)30(36)31(37)27(35)17-25(34)15-23(5)22(4)13-19/h9-11,13,20,23-26,28-31,33-34,36-37H,1,7-8,12,14-18H2,2-6H3/b11-9+,21-10+,22-13+/t20-,23+,24-,25+,26-,28-,29+,30-,31+/m1/s1. The van der Waals surface area contributed by atoms with Crippen LogP contribution in [0.3, 0.4) is 0 Å². The number of cyclic esters (lactones) is 1. The zero-order chi connectivity index (χ0) is 30.0. The zero-order valence-corrected chi connectivity index (χ0v) is 24.8. The van der Waals surface area contributed by atoms with Crippen molar-refractivity contribution in [2.75, 3.05) is 6.61 Å². The van der Waals surface area contributed by atoms with Crippen LogP contribution in [-0.2, 0) is 19.1 Å². The van der Waals surface area contributed by atoms with Gasteiger partial charge in [-0.05, 0) is 70.1 Å². The highest BCUT2D eigenvalue weighted by atomic mass is 16.6. The molecule has 40 heavy (non-hydrogen) atoms. The van der Waals surface area contributed by atoms with Crippen LogP contribution in [0.5, 0.6) is 0 Å². The van der Waals surface area contributed by atoms with E-state index in [4.69, 9.17) is 9.47 Å². The Morgan fingerprint density at radius 2 is 1.70 bits per heavy atom. The van der Waals surface area contributed by atoms with Crippen molar-refractivity contribution in [3.8, 4) is 0 Å². The monoisotopic (exact) mass is 562 g/mol. The van der Waals surface area contributed by atoms with Gasteiger partial charge in [0.1, 0.15) is 18.3 Å². The number of carbonyl (C=O) groups excluding carboxylic acids is 2. The Bertz CT molecular complexity index is 951. The van der Waals surface area contributed by atoms with Crippen LogP contribution in [0.15, 0.2) is 47.6 Å². The summed E-state index contributed by atoms with van der Waals surface area (Å²) in [6.07, 6.45) is 6.52. The summed E-state index contributed by atoms with van der Waals surface area (Å²) in [7, 11) is 0. The molecule has 0 spiro atoms. The molecule has 0 radical (unpaired) electrons. The predicted molar refractivity (Wildman–Crippen MR) is 154 cm³/mol. The summed E-state index contributed by atoms with van der Waals surface area (Å²) < 4.78 is 11.2. The molecule has 0 aromatic carbocycles. The summed E-state index contributed by atoms with van der Waals surface area (Å²) in [6.45, 7) is 13.1. The van der Waals surface area contributed by atoms with Gasteiger partial charge in [0, 0.05) is 12.0 Å². The molecule has 0 bridgehead atoms. The third-order valence-corrected chi connectivity index (χ3v) is 7.92. The Kier molecular flexibility index (Phi) is 14.0. The number of rotatable bonds is 1. The highest BCUT2D eigenvalue weighted by molar-refractivity contribution is 5.87. The summed E-state index contributed by atoms with van der Waals surface area (Å²) >= 11 is 0. The summed E-state index contributed by atoms with van der Waals surface area (Å²) in [6, 6.07) is 0. The van der Waals surface area contributed by atoms with Crippen LogP contribution in [0.25, 0.3) is 0 Å². The van der Waals surface area contributed by atoms with Crippen molar-refractivity contribution in [1.82, 2.24) is 0 Å². The molecule has 2 aliphatic heterocycles. The molecule has 4 N–H and O–H groups in total. The van der Waals surface area contributed by atoms with Gasteiger partial charge in [-0.3, -0.25) is 4.79 Å². The molecular weight excluding hydrogens is 512 g/mol. The molecule has 2 aliphatic rings. The van der Waals surface area contributed by atoms with Gasteiger partial charge in [-0.2, -0.15) is 0 Å². The van der Waals surface area contributed by atoms with Gasteiger partial charge in [0.15, 0.2) is 5.78 Å². The number of fused-ring (bicyclic) bond motifs is 1. The number of carbonyl (C=O) groups is 2. The van der Waals surface area contributed by atoms with Crippen LogP contribution in [0.1, 0.15) is 79.6 Å². The largest absolute Gasteiger partial charge is 0.457 e. The van der Waals surface area contributed by atoms with Crippen LogP contribution in [0, 0.1) is 17.8 Å². The molecule has 0 unspecified atom stereocenters. The van der Waals surface area contributed by atoms with Crippen LogP contribution < -0.4 is 0 Å². The smallest absolute Gasteiger partial charge is 0.333 e. The van der Waals surface area contributed by atoms with Crippen molar-refractivity contribution in [3.05, 3.63) is 47.6 Å². The van der Waals surface area contributed by atoms with Crippen LogP contribution in [-0.4, -0.2) is 75.4 Å². The van der Waals surface area contributed by atoms with E-state index in [-0.39, 0.29) is 31.0 Å². The first-order valence-electron chi connectivity index (χ1n) is 14.6. The molecule has 0 aromatic rings. The lowest BCUT2D eigenvalue weighted by Crippen LogP contribution is -2.41. The minimum atomic E-state index is -1.70. The molecule has 8 heteroatoms. The van der Waals surface area contributed by atoms with E-state index in [0.29, 0.717) is 24.3 Å². The molecule has 0 saturated carbocycles. The molecule has 1 fully saturated rings. The molecule has 2 rings (SSSR count). The summed E-state index contributed by atoms with van der Waals surface area (Å²) in [4.78, 5) is 25.1. The predicted octanol–water partition coefficient (Wildman–Crippen LogP) is 3.97. The first-order chi connectivity index (χ1) is 18.8. The van der Waals surface area contributed by atoms with Crippen molar-refractivity contribution >= 4 is 11.8 Å². The highest BCUT2D eigenvalue weighted by Crippen LogP contribution is 2.32. The van der Waals surface area contributed by atoms with E-state index >= 15 is 0 Å². The van der Waals surface area contributed by atoms with Gasteiger partial charge in [-0.1, -0.05) is 62.8 Å². The minimum Gasteiger partial charge on any atom is -0.457 e. The lowest BCUT2D eigenvalue weighted by Gasteiger charge is -2.27. The first-order valence-corrected chi connectivity index (χ1v) is 14.6. The third kappa shape index (κ3) is 11.4. The van der Waals surface area contributed by atoms with Gasteiger partial charge in [-0.15, -0.1) is 0 Å². The summed E-state index contributed by atoms with van der Waals surface area (Å²) in [5.74, 6) is -1.49. The lowest BCUT2D eigenvalue weighted by atomic mass is 9.88. The van der Waals surface area contributed by atoms with Crippen molar-refractivity contribution in [1.29, 1.82) is 0 Å². The highest BCUT2D eigenvalue weighted by Gasteiger charge is 2.37. The van der Waals surface area contributed by atoms with E-state index < -0.39 is 48.7 Å². The van der Waals surface area contributed by atoms with Crippen molar-refractivity contribution in [2.45, 2.75) is 116 Å². The fourth-order valence-electron chi connectivity index (χ4n) is 5.17. The van der Waals surface area contributed by atoms with Crippen LogP contribution >= 0.6 is 0 Å². The molecule has 0 amide bonds. The number of epoxide rings is 1. The normalized spacial score (nSPS) is 40.1. The molecule has 0 aromatic heterocycles. The Morgan fingerprint density at radius 1 is 1.00 bits per heavy atom. The van der Waals surface area contributed by atoms with Crippen LogP contribution in [0.2, 0.25) is 0 Å². The number of ketones is 1. The van der Waals surface area contributed by atoms with Gasteiger partial charge in [-0.25, -0.2) is 4.79 Å². The second kappa shape index (κ2) is 16.4. The SMILES string of the molecule is C=C1/C=C(\C)[C@@H](C)C[C@H](O)CC(=O)[C@H](O)[C@H](O)[C@H](C)C[C@H](CO)OC(=O)/C(C)=C/CC/C=C/[C@H]2O[C@H]2C[C@H](C)C1. The van der Waals surface area contributed by atoms with E-state index in [1.54, 1.807) is 19.9 Å². The topological polar surface area (TPSA) is 137 Å². The molecule has 8 nitrogen and oxygen atoms in total. The summed E-state index contributed by atoms with van der Waals surface area (Å²) in [5.41, 5.74) is 2.47. The van der Waals surface area contributed by atoms with Gasteiger partial charge in [0.05, 0.1) is 24.9 Å². The average molecular weight is 563 g/mol. The molecule has 0 aliphatic carbocycles. The second-order valence-corrected chi connectivity index (χ2v) is 11.9. The number of hydrogen-bond acceptors (Lipinski definition) is 8. The number of hydrogen-bond donors (Lipinski definition) is 4. The van der Waals surface area contributed by atoms with Gasteiger partial charge >= 0.3 is 5.97 Å². The quantitative estimate of drug-likeness (QED) is 0.214. The zero-order valence-electron chi connectivity index (χ0n) is 24.8. The molecule has 226 valence electrons. The maximum absolute atomic E-state index is 12.6. The van der Waals surface area contributed by atoms with Crippen molar-refractivity contribution in [3.63, 3.8) is 0 Å². The van der Waals surface area contributed by atoms with E-state index in [1.165, 1.54) is 0 Å². The third-order valence-electron chi connectivity index (χ3n) is 7.92. The fraction of sp³-hybridized carbons (Fsp3) is 0.688. The Balaban J connectivity index is 2.13. The number of aliphatic hydroxyl groups excluding tert-OH is 4. The minimum absolute atomic E-state index is 0.00630. The fourth-order valence-corrected chi connectivity index (χ4v) is 5.17. The molecule has 1 saturated heterocycles. The number of aliphatic hydroxyl groups is 4. The Morgan fingerprint density at radius 3 is 2.38 bits per heavy atom. The van der Waals surface area contributed by atoms with E-state index in [1.807, 2.05) is 19.9 Å². The molecule has 9 atom stereocenters. The second-order valence-electron chi connectivity index (χ2n) is 11.9. The number of allylic oxidation sites excluding steroid dienone is 5. The van der Waals surface area contributed by atoms with E-state index in [2.05, 4.69) is 25.7 Å². The lowest BCUT2D eigenvalue weighted by molar-refractivity contribution is -0.149. The number of Topliss-reactive ketones (excluding diaryl/α,β-unsaturated/α-hetero) is 1. The molecular formula is C32H50O8. The number of esters is 1. The van der Waals surface area contributed by atoms with Crippen LogP contribution in [0.4, 0.5) is 0 Å². The Labute approximate surface area is 239 Å². The maximum Gasteiger partial charge on any atom is 0.333 e.